The van der Waals surface area contributed by atoms with Gasteiger partial charge in [0.1, 0.15) is 5.78 Å². The minimum atomic E-state index is -0.0707. The molecule has 3 heteroatoms. The predicted molar refractivity (Wildman–Crippen MR) is 67.9 cm³/mol. The van der Waals surface area contributed by atoms with Crippen molar-refractivity contribution >= 4 is 17.1 Å². The molecule has 1 atom stereocenters. The summed E-state index contributed by atoms with van der Waals surface area (Å²) in [4.78, 5) is 13.6. The molecule has 0 bridgehead atoms. The first kappa shape index (κ1) is 11.8. The highest BCUT2D eigenvalue weighted by Gasteiger charge is 2.39. The number of rotatable bonds is 5. The zero-order valence-corrected chi connectivity index (χ0v) is 10.6. The standard InChI is InChI=1S/C13H19NOS/c1-2-5-13(6-7-14-10-13)12(15)9-11-4-3-8-16-11/h3-4,8,14H,2,5-7,9-10H2,1H3. The number of ketones is 1. The third-order valence-electron chi connectivity index (χ3n) is 3.48. The molecule has 2 nitrogen and oxygen atoms in total. The van der Waals surface area contributed by atoms with Crippen molar-refractivity contribution in [1.82, 2.24) is 5.32 Å². The highest BCUT2D eigenvalue weighted by molar-refractivity contribution is 7.10. The zero-order chi connectivity index (χ0) is 11.4. The summed E-state index contributed by atoms with van der Waals surface area (Å²) in [6.07, 6.45) is 3.77. The van der Waals surface area contributed by atoms with Gasteiger partial charge in [0.05, 0.1) is 0 Å². The lowest BCUT2D eigenvalue weighted by atomic mass is 9.77. The van der Waals surface area contributed by atoms with Gasteiger partial charge in [-0.1, -0.05) is 19.4 Å². The van der Waals surface area contributed by atoms with Crippen LogP contribution in [0.1, 0.15) is 31.1 Å². The third kappa shape index (κ3) is 2.36. The number of thiophene rings is 1. The van der Waals surface area contributed by atoms with E-state index in [0.29, 0.717) is 12.2 Å². The number of carbonyl (C=O) groups is 1. The Kier molecular flexibility index (Phi) is 3.77. The number of carbonyl (C=O) groups excluding carboxylic acids is 1. The summed E-state index contributed by atoms with van der Waals surface area (Å²) in [5.74, 6) is 0.432. The number of nitrogens with one attached hydrogen (secondary N) is 1. The second-order valence-electron chi connectivity index (χ2n) is 4.64. The van der Waals surface area contributed by atoms with Crippen molar-refractivity contribution in [2.75, 3.05) is 13.1 Å². The van der Waals surface area contributed by atoms with Crippen LogP contribution in [0.3, 0.4) is 0 Å². The van der Waals surface area contributed by atoms with Crippen LogP contribution in [-0.2, 0) is 11.2 Å². The summed E-state index contributed by atoms with van der Waals surface area (Å²) >= 11 is 1.69. The molecule has 16 heavy (non-hydrogen) atoms. The molecule has 0 amide bonds. The zero-order valence-electron chi connectivity index (χ0n) is 9.79. The normalized spacial score (nSPS) is 24.8. The Morgan fingerprint density at radius 3 is 3.06 bits per heavy atom. The van der Waals surface area contributed by atoms with Crippen LogP contribution in [0.2, 0.25) is 0 Å². The van der Waals surface area contributed by atoms with Crippen LogP contribution in [0.5, 0.6) is 0 Å². The van der Waals surface area contributed by atoms with Crippen LogP contribution in [-0.4, -0.2) is 18.9 Å². The van der Waals surface area contributed by atoms with E-state index in [0.717, 1.165) is 32.4 Å². The molecule has 1 aromatic heterocycles. The number of hydrogen-bond acceptors (Lipinski definition) is 3. The molecular weight excluding hydrogens is 218 g/mol. The van der Waals surface area contributed by atoms with Gasteiger partial charge in [0, 0.05) is 23.3 Å². The SMILES string of the molecule is CCCC1(C(=O)Cc2cccs2)CCNC1. The molecule has 1 N–H and O–H groups in total. The van der Waals surface area contributed by atoms with Gasteiger partial charge >= 0.3 is 0 Å². The molecule has 1 aliphatic rings. The number of hydrogen-bond donors (Lipinski definition) is 1. The minimum absolute atomic E-state index is 0.0707. The molecular formula is C13H19NOS. The summed E-state index contributed by atoms with van der Waals surface area (Å²) in [7, 11) is 0. The Balaban J connectivity index is 2.05. The average Bonchev–Trinajstić information content (AvgIpc) is 2.89. The lowest BCUT2D eigenvalue weighted by Crippen LogP contribution is -2.34. The number of Topliss-reactive ketones (excluding diaryl/α,β-unsaturated/α-hetero) is 1. The highest BCUT2D eigenvalue weighted by Crippen LogP contribution is 2.33. The summed E-state index contributed by atoms with van der Waals surface area (Å²) < 4.78 is 0. The van der Waals surface area contributed by atoms with Crippen molar-refractivity contribution in [2.45, 2.75) is 32.6 Å². The van der Waals surface area contributed by atoms with Gasteiger partial charge in [-0.05, 0) is 30.8 Å². The quantitative estimate of drug-likeness (QED) is 0.853. The van der Waals surface area contributed by atoms with E-state index in [1.165, 1.54) is 4.88 Å². The summed E-state index contributed by atoms with van der Waals surface area (Å²) in [5.41, 5.74) is -0.0707. The van der Waals surface area contributed by atoms with Gasteiger partial charge in [0.2, 0.25) is 0 Å². The van der Waals surface area contributed by atoms with Gasteiger partial charge < -0.3 is 5.32 Å². The summed E-state index contributed by atoms with van der Waals surface area (Å²) in [6.45, 7) is 4.04. The maximum atomic E-state index is 12.4. The Bertz CT molecular complexity index is 339. The van der Waals surface area contributed by atoms with E-state index in [4.69, 9.17) is 0 Å². The topological polar surface area (TPSA) is 29.1 Å². The van der Waals surface area contributed by atoms with Crippen LogP contribution in [0, 0.1) is 5.41 Å². The first-order valence-electron chi connectivity index (χ1n) is 6.03. The molecule has 2 rings (SSSR count). The molecule has 1 unspecified atom stereocenters. The molecule has 1 aliphatic heterocycles. The average molecular weight is 237 g/mol. The monoisotopic (exact) mass is 237 g/mol. The second kappa shape index (κ2) is 5.11. The van der Waals surface area contributed by atoms with Crippen molar-refractivity contribution in [3.8, 4) is 0 Å². The molecule has 0 aromatic carbocycles. The molecule has 0 radical (unpaired) electrons. The van der Waals surface area contributed by atoms with E-state index in [-0.39, 0.29) is 5.41 Å². The van der Waals surface area contributed by atoms with Gasteiger partial charge in [-0.3, -0.25) is 4.79 Å². The maximum Gasteiger partial charge on any atom is 0.145 e. The third-order valence-corrected chi connectivity index (χ3v) is 4.36. The van der Waals surface area contributed by atoms with Crippen molar-refractivity contribution in [3.05, 3.63) is 22.4 Å². The fourth-order valence-electron chi connectivity index (χ4n) is 2.57. The predicted octanol–water partition coefficient (Wildman–Crippen LogP) is 2.64. The summed E-state index contributed by atoms with van der Waals surface area (Å²) in [6, 6.07) is 4.08. The van der Waals surface area contributed by atoms with E-state index < -0.39 is 0 Å². The van der Waals surface area contributed by atoms with Crippen molar-refractivity contribution in [3.63, 3.8) is 0 Å². The molecule has 2 heterocycles. The van der Waals surface area contributed by atoms with Crippen LogP contribution in [0.4, 0.5) is 0 Å². The van der Waals surface area contributed by atoms with Gasteiger partial charge in [-0.2, -0.15) is 0 Å². The fraction of sp³-hybridized carbons (Fsp3) is 0.615. The molecule has 1 aromatic rings. The molecule has 0 aliphatic carbocycles. The molecule has 88 valence electrons. The van der Waals surface area contributed by atoms with E-state index in [9.17, 15) is 4.79 Å². The van der Waals surface area contributed by atoms with Crippen LogP contribution in [0.25, 0.3) is 0 Å². The lowest BCUT2D eigenvalue weighted by molar-refractivity contribution is -0.127. The maximum absolute atomic E-state index is 12.4. The van der Waals surface area contributed by atoms with E-state index in [2.05, 4.69) is 18.3 Å². The Morgan fingerprint density at radius 2 is 2.50 bits per heavy atom. The molecule has 0 spiro atoms. The van der Waals surface area contributed by atoms with Crippen molar-refractivity contribution in [1.29, 1.82) is 0 Å². The van der Waals surface area contributed by atoms with E-state index in [1.807, 2.05) is 11.4 Å². The molecule has 0 saturated carbocycles. The molecule has 1 saturated heterocycles. The van der Waals surface area contributed by atoms with Crippen LogP contribution < -0.4 is 5.32 Å². The largest absolute Gasteiger partial charge is 0.316 e. The van der Waals surface area contributed by atoms with E-state index >= 15 is 0 Å². The van der Waals surface area contributed by atoms with Crippen molar-refractivity contribution in [2.24, 2.45) is 5.41 Å². The van der Waals surface area contributed by atoms with Gasteiger partial charge in [-0.15, -0.1) is 11.3 Å². The molecule has 1 fully saturated rings. The minimum Gasteiger partial charge on any atom is -0.316 e. The first-order chi connectivity index (χ1) is 7.77. The van der Waals surface area contributed by atoms with E-state index in [1.54, 1.807) is 11.3 Å². The Labute approximate surface area is 101 Å². The lowest BCUT2D eigenvalue weighted by Gasteiger charge is -2.25. The Hall–Kier alpha value is -0.670. The summed E-state index contributed by atoms with van der Waals surface area (Å²) in [5, 5.41) is 5.38. The van der Waals surface area contributed by atoms with Gasteiger partial charge in [0.15, 0.2) is 0 Å². The fourth-order valence-corrected chi connectivity index (χ4v) is 3.28. The van der Waals surface area contributed by atoms with Crippen LogP contribution in [0.15, 0.2) is 17.5 Å². The smallest absolute Gasteiger partial charge is 0.145 e. The highest BCUT2D eigenvalue weighted by atomic mass is 32.1. The van der Waals surface area contributed by atoms with Crippen molar-refractivity contribution < 1.29 is 4.79 Å². The Morgan fingerprint density at radius 1 is 1.62 bits per heavy atom. The van der Waals surface area contributed by atoms with Gasteiger partial charge in [0.25, 0.3) is 0 Å². The van der Waals surface area contributed by atoms with Gasteiger partial charge in [-0.25, -0.2) is 0 Å². The van der Waals surface area contributed by atoms with Crippen LogP contribution >= 0.6 is 11.3 Å². The first-order valence-corrected chi connectivity index (χ1v) is 6.91. The second-order valence-corrected chi connectivity index (χ2v) is 5.67.